The van der Waals surface area contributed by atoms with Crippen LogP contribution in [0.5, 0.6) is 0 Å². The highest BCUT2D eigenvalue weighted by atomic mass is 35.5. The summed E-state index contributed by atoms with van der Waals surface area (Å²) in [5.41, 5.74) is 3.47. The van der Waals surface area contributed by atoms with E-state index in [1.54, 1.807) is 17.4 Å². The van der Waals surface area contributed by atoms with Gasteiger partial charge in [-0.1, -0.05) is 18.5 Å². The molecule has 2 aromatic rings. The molecule has 2 amide bonds. The minimum Gasteiger partial charge on any atom is -0.359 e. The van der Waals surface area contributed by atoms with Gasteiger partial charge in [0.25, 0.3) is 5.91 Å². The molecule has 0 radical (unpaired) electrons. The van der Waals surface area contributed by atoms with E-state index in [4.69, 9.17) is 11.6 Å². The highest BCUT2D eigenvalue weighted by Gasteiger charge is 2.24. The summed E-state index contributed by atoms with van der Waals surface area (Å²) in [6, 6.07) is 5.45. The van der Waals surface area contributed by atoms with Crippen molar-refractivity contribution in [3.63, 3.8) is 0 Å². The Labute approximate surface area is 167 Å². The van der Waals surface area contributed by atoms with E-state index in [1.165, 1.54) is 10.4 Å². The number of hydrogen-bond donors (Lipinski definition) is 2. The Morgan fingerprint density at radius 3 is 3.04 bits per heavy atom. The van der Waals surface area contributed by atoms with Crippen LogP contribution in [0.1, 0.15) is 34.1 Å². The summed E-state index contributed by atoms with van der Waals surface area (Å²) in [4.78, 5) is 27.6. The van der Waals surface area contributed by atoms with E-state index in [9.17, 15) is 9.59 Å². The number of amides is 2. The topological polar surface area (TPSA) is 61.4 Å². The Bertz CT molecular complexity index is 895. The minimum atomic E-state index is -0.0804. The van der Waals surface area contributed by atoms with Crippen molar-refractivity contribution in [1.29, 1.82) is 0 Å². The summed E-state index contributed by atoms with van der Waals surface area (Å²) >= 11 is 8.12. The third-order valence-corrected chi connectivity index (χ3v) is 6.58. The summed E-state index contributed by atoms with van der Waals surface area (Å²) < 4.78 is 0. The normalized spacial score (nSPS) is 19.4. The lowest BCUT2D eigenvalue weighted by Crippen LogP contribution is -2.47. The molecule has 1 fully saturated rings. The number of halogens is 1. The highest BCUT2D eigenvalue weighted by Crippen LogP contribution is 2.34. The molecule has 2 N–H and O–H groups in total. The molecule has 1 aromatic carbocycles. The number of anilines is 2. The van der Waals surface area contributed by atoms with Crippen molar-refractivity contribution in [3.05, 3.63) is 44.6 Å². The van der Waals surface area contributed by atoms with E-state index in [0.29, 0.717) is 29.7 Å². The molecule has 1 unspecified atom stereocenters. The van der Waals surface area contributed by atoms with Gasteiger partial charge in [0.05, 0.1) is 22.8 Å². The number of thiophene rings is 1. The third-order valence-electron chi connectivity index (χ3n) is 5.23. The molecule has 27 heavy (non-hydrogen) atoms. The van der Waals surface area contributed by atoms with E-state index in [-0.39, 0.29) is 11.8 Å². The lowest BCUT2D eigenvalue weighted by Gasteiger charge is -2.29. The quantitative estimate of drug-likeness (QED) is 0.821. The van der Waals surface area contributed by atoms with Gasteiger partial charge in [-0.25, -0.2) is 0 Å². The maximum Gasteiger partial charge on any atom is 0.256 e. The Morgan fingerprint density at radius 2 is 2.26 bits per heavy atom. The van der Waals surface area contributed by atoms with Crippen molar-refractivity contribution < 1.29 is 9.59 Å². The van der Waals surface area contributed by atoms with Crippen molar-refractivity contribution in [2.24, 2.45) is 5.92 Å². The van der Waals surface area contributed by atoms with Crippen LogP contribution in [0.3, 0.4) is 0 Å². The molecule has 2 aliphatic rings. The van der Waals surface area contributed by atoms with Gasteiger partial charge in [-0.15, -0.1) is 11.3 Å². The summed E-state index contributed by atoms with van der Waals surface area (Å²) in [6.45, 7) is 3.88. The molecule has 1 aliphatic carbocycles. The molecule has 0 bridgehead atoms. The van der Waals surface area contributed by atoms with E-state index in [2.05, 4.69) is 17.6 Å². The number of hydrogen-bond acceptors (Lipinski definition) is 4. The predicted octanol–water partition coefficient (Wildman–Crippen LogP) is 3.71. The molecule has 7 heteroatoms. The maximum atomic E-state index is 12.8. The van der Waals surface area contributed by atoms with Gasteiger partial charge in [-0.3, -0.25) is 9.59 Å². The van der Waals surface area contributed by atoms with Crippen LogP contribution >= 0.6 is 22.9 Å². The van der Waals surface area contributed by atoms with Crippen LogP contribution < -0.4 is 15.5 Å². The molecular weight excluding hydrogens is 382 g/mol. The van der Waals surface area contributed by atoms with Gasteiger partial charge in [-0.2, -0.15) is 0 Å². The maximum absolute atomic E-state index is 12.8. The number of rotatable bonds is 3. The molecule has 1 aromatic heterocycles. The minimum absolute atomic E-state index is 0.00811. The Hall–Kier alpha value is -2.05. The monoisotopic (exact) mass is 403 g/mol. The predicted molar refractivity (Wildman–Crippen MR) is 110 cm³/mol. The zero-order valence-corrected chi connectivity index (χ0v) is 16.8. The van der Waals surface area contributed by atoms with Gasteiger partial charge >= 0.3 is 0 Å². The van der Waals surface area contributed by atoms with E-state index >= 15 is 0 Å². The van der Waals surface area contributed by atoms with Gasteiger partial charge in [0.15, 0.2) is 0 Å². The number of carbonyl (C=O) groups is 2. The van der Waals surface area contributed by atoms with Crippen molar-refractivity contribution in [2.75, 3.05) is 29.9 Å². The Morgan fingerprint density at radius 1 is 1.41 bits per heavy atom. The third kappa shape index (κ3) is 3.82. The molecule has 1 saturated heterocycles. The fourth-order valence-corrected chi connectivity index (χ4v) is 5.30. The molecule has 1 atom stereocenters. The van der Waals surface area contributed by atoms with Gasteiger partial charge < -0.3 is 15.5 Å². The van der Waals surface area contributed by atoms with Gasteiger partial charge in [-0.05, 0) is 48.9 Å². The molecule has 142 valence electrons. The fraction of sp³-hybridized carbons (Fsp3) is 0.400. The molecule has 5 nitrogen and oxygen atoms in total. The van der Waals surface area contributed by atoms with Crippen molar-refractivity contribution in [3.8, 4) is 0 Å². The smallest absolute Gasteiger partial charge is 0.256 e. The van der Waals surface area contributed by atoms with Crippen molar-refractivity contribution in [1.82, 2.24) is 5.32 Å². The fourth-order valence-electron chi connectivity index (χ4n) is 3.75. The van der Waals surface area contributed by atoms with E-state index in [1.807, 2.05) is 22.4 Å². The molecule has 0 spiro atoms. The Balaban J connectivity index is 1.49. The first-order valence-corrected chi connectivity index (χ1v) is 10.5. The SMILES string of the molecule is CC1CCc2c(C(=O)Nc3ccc(N4CCNC(=O)C4)c(Cl)c3)csc2C1. The number of benzene rings is 1. The number of carbonyl (C=O) groups excluding carboxylic acids is 2. The highest BCUT2D eigenvalue weighted by molar-refractivity contribution is 7.10. The first-order chi connectivity index (χ1) is 13.0. The van der Waals surface area contributed by atoms with Crippen LogP contribution in [0.15, 0.2) is 23.6 Å². The molecular formula is C20H22ClN3O2S. The average molecular weight is 404 g/mol. The van der Waals surface area contributed by atoms with Crippen LogP contribution in [0, 0.1) is 5.92 Å². The van der Waals surface area contributed by atoms with Crippen LogP contribution in [-0.4, -0.2) is 31.4 Å². The number of fused-ring (bicyclic) bond motifs is 1. The number of piperazine rings is 1. The lowest BCUT2D eigenvalue weighted by molar-refractivity contribution is -0.120. The average Bonchev–Trinajstić information content (AvgIpc) is 3.05. The lowest BCUT2D eigenvalue weighted by atomic mass is 9.88. The number of nitrogens with one attached hydrogen (secondary N) is 2. The van der Waals surface area contributed by atoms with Crippen molar-refractivity contribution >= 4 is 46.1 Å². The summed E-state index contributed by atoms with van der Waals surface area (Å²) in [5.74, 6) is 0.602. The number of nitrogens with zero attached hydrogens (tertiary/aromatic N) is 1. The van der Waals surface area contributed by atoms with Crippen LogP contribution in [0.4, 0.5) is 11.4 Å². The van der Waals surface area contributed by atoms with Gasteiger partial charge in [0, 0.05) is 29.0 Å². The first-order valence-electron chi connectivity index (χ1n) is 9.23. The first kappa shape index (κ1) is 18.3. The second-order valence-corrected chi connectivity index (χ2v) is 8.66. The molecule has 0 saturated carbocycles. The summed E-state index contributed by atoms with van der Waals surface area (Å²) in [6.07, 6.45) is 3.17. The second-order valence-electron chi connectivity index (χ2n) is 7.29. The largest absolute Gasteiger partial charge is 0.359 e. The molecule has 1 aliphatic heterocycles. The van der Waals surface area contributed by atoms with Gasteiger partial charge in [0.1, 0.15) is 0 Å². The molecule has 4 rings (SSSR count). The van der Waals surface area contributed by atoms with Crippen LogP contribution in [-0.2, 0) is 17.6 Å². The van der Waals surface area contributed by atoms with E-state index in [0.717, 1.165) is 37.1 Å². The van der Waals surface area contributed by atoms with Gasteiger partial charge in [0.2, 0.25) is 5.91 Å². The standard InChI is InChI=1S/C20H22ClN3O2S/c1-12-2-4-14-15(11-27-18(14)8-12)20(26)23-13-3-5-17(16(21)9-13)24-7-6-22-19(25)10-24/h3,5,9,11-12H,2,4,6-8,10H2,1H3,(H,22,25)(H,23,26). The zero-order valence-electron chi connectivity index (χ0n) is 15.2. The zero-order chi connectivity index (χ0) is 19.0. The second kappa shape index (κ2) is 7.52. The van der Waals surface area contributed by atoms with Crippen LogP contribution in [0.25, 0.3) is 0 Å². The van der Waals surface area contributed by atoms with Crippen LogP contribution in [0.2, 0.25) is 5.02 Å². The summed E-state index contributed by atoms with van der Waals surface area (Å²) in [7, 11) is 0. The van der Waals surface area contributed by atoms with E-state index < -0.39 is 0 Å². The Kier molecular flexibility index (Phi) is 5.10. The summed E-state index contributed by atoms with van der Waals surface area (Å²) in [5, 5.41) is 8.28. The molecule has 2 heterocycles. The van der Waals surface area contributed by atoms with Crippen molar-refractivity contribution in [2.45, 2.75) is 26.2 Å².